The van der Waals surface area contributed by atoms with Gasteiger partial charge in [0.2, 0.25) is 10.0 Å². The van der Waals surface area contributed by atoms with Crippen molar-refractivity contribution in [2.45, 2.75) is 11.0 Å². The number of benzene rings is 2. The smallest absolute Gasteiger partial charge is 0.337 e. The van der Waals surface area contributed by atoms with Crippen molar-refractivity contribution in [3.63, 3.8) is 0 Å². The number of esters is 1. The molecule has 0 unspecified atom stereocenters. The average Bonchev–Trinajstić information content (AvgIpc) is 2.70. The lowest BCUT2D eigenvalue weighted by atomic mass is 10.2. The number of carboxylic acid groups (broad SMARTS) is 1. The largest absolute Gasteiger partial charge is 0.491 e. The minimum atomic E-state index is -4.13. The van der Waals surface area contributed by atoms with E-state index in [1.165, 1.54) is 49.6 Å². The molecular formula is C18H19NO8S. The second-order valence-electron chi connectivity index (χ2n) is 5.63. The van der Waals surface area contributed by atoms with E-state index in [1.54, 1.807) is 0 Å². The monoisotopic (exact) mass is 409 g/mol. The van der Waals surface area contributed by atoms with Crippen molar-refractivity contribution in [1.82, 2.24) is 4.72 Å². The van der Waals surface area contributed by atoms with Gasteiger partial charge in [0.1, 0.15) is 18.5 Å². The van der Waals surface area contributed by atoms with Crippen LogP contribution in [0.3, 0.4) is 0 Å². The van der Waals surface area contributed by atoms with E-state index in [-0.39, 0.29) is 18.7 Å². The maximum Gasteiger partial charge on any atom is 0.337 e. The molecule has 0 aliphatic rings. The zero-order valence-electron chi connectivity index (χ0n) is 14.9. The fourth-order valence-electron chi connectivity index (χ4n) is 2.22. The lowest BCUT2D eigenvalue weighted by Gasteiger charge is -2.14. The lowest BCUT2D eigenvalue weighted by Crippen LogP contribution is -2.35. The van der Waals surface area contributed by atoms with Crippen LogP contribution in [-0.2, 0) is 14.8 Å². The van der Waals surface area contributed by atoms with Gasteiger partial charge in [-0.1, -0.05) is 12.1 Å². The van der Waals surface area contributed by atoms with Crippen molar-refractivity contribution >= 4 is 22.0 Å². The molecule has 2 rings (SSSR count). The Bertz CT molecular complexity index is 940. The fraction of sp³-hybridized carbons (Fsp3) is 0.222. The molecule has 0 aromatic heterocycles. The van der Waals surface area contributed by atoms with E-state index in [1.807, 2.05) is 0 Å². The summed E-state index contributed by atoms with van der Waals surface area (Å²) in [4.78, 5) is 22.1. The number of aromatic carboxylic acids is 1. The van der Waals surface area contributed by atoms with Gasteiger partial charge in [-0.25, -0.2) is 22.7 Å². The van der Waals surface area contributed by atoms with Crippen molar-refractivity contribution in [3.05, 3.63) is 59.7 Å². The molecule has 0 fully saturated rings. The van der Waals surface area contributed by atoms with Crippen LogP contribution in [0.15, 0.2) is 53.4 Å². The van der Waals surface area contributed by atoms with Gasteiger partial charge in [-0.2, -0.15) is 0 Å². The number of methoxy groups -OCH3 is 1. The lowest BCUT2D eigenvalue weighted by molar-refractivity contribution is 0.0599. The highest BCUT2D eigenvalue weighted by Crippen LogP contribution is 2.16. The summed E-state index contributed by atoms with van der Waals surface area (Å²) in [5.41, 5.74) is -0.0355. The standard InChI is InChI=1S/C18H19NO8S/c1-26-18(23)12-6-8-14(9-7-12)27-11-13(20)10-19-28(24,25)16-5-3-2-4-15(16)17(21)22/h2-9,13,19-20H,10-11H2,1H3,(H,21,22)/t13-/m0/s1. The van der Waals surface area contributed by atoms with Crippen LogP contribution in [0, 0.1) is 0 Å². The molecular weight excluding hydrogens is 390 g/mol. The summed E-state index contributed by atoms with van der Waals surface area (Å²) in [6.45, 7) is -0.600. The Morgan fingerprint density at radius 1 is 1.11 bits per heavy atom. The summed E-state index contributed by atoms with van der Waals surface area (Å²) < 4.78 is 36.7. The third-order valence-electron chi connectivity index (χ3n) is 3.63. The van der Waals surface area contributed by atoms with Crippen LogP contribution in [0.2, 0.25) is 0 Å². The third-order valence-corrected chi connectivity index (χ3v) is 5.12. The van der Waals surface area contributed by atoms with Gasteiger partial charge in [-0.3, -0.25) is 0 Å². The van der Waals surface area contributed by atoms with Gasteiger partial charge < -0.3 is 19.7 Å². The first-order valence-electron chi connectivity index (χ1n) is 8.06. The van der Waals surface area contributed by atoms with Crippen molar-refractivity contribution in [1.29, 1.82) is 0 Å². The van der Waals surface area contributed by atoms with Gasteiger partial charge in [0.25, 0.3) is 0 Å². The Morgan fingerprint density at radius 2 is 1.75 bits per heavy atom. The number of carbonyl (C=O) groups excluding carboxylic acids is 1. The normalized spacial score (nSPS) is 12.2. The molecule has 0 saturated heterocycles. The number of carboxylic acids is 1. The van der Waals surface area contributed by atoms with Gasteiger partial charge in [0, 0.05) is 6.54 Å². The van der Waals surface area contributed by atoms with Gasteiger partial charge in [0.15, 0.2) is 0 Å². The molecule has 9 nitrogen and oxygen atoms in total. The Morgan fingerprint density at radius 3 is 2.36 bits per heavy atom. The topological polar surface area (TPSA) is 139 Å². The maximum atomic E-state index is 12.3. The number of hydrogen-bond donors (Lipinski definition) is 3. The summed E-state index contributed by atoms with van der Waals surface area (Å²) in [5.74, 6) is -1.51. The highest BCUT2D eigenvalue weighted by atomic mass is 32.2. The Kier molecular flexibility index (Phi) is 7.10. The van der Waals surface area contributed by atoms with Gasteiger partial charge in [0.05, 0.1) is 23.1 Å². The van der Waals surface area contributed by atoms with E-state index in [0.717, 1.165) is 6.07 Å². The molecule has 0 aliphatic carbocycles. The first-order valence-corrected chi connectivity index (χ1v) is 9.54. The summed E-state index contributed by atoms with van der Waals surface area (Å²) in [6, 6.07) is 11.1. The highest BCUT2D eigenvalue weighted by molar-refractivity contribution is 7.89. The fourth-order valence-corrected chi connectivity index (χ4v) is 3.49. The predicted molar refractivity (Wildman–Crippen MR) is 97.9 cm³/mol. The zero-order chi connectivity index (χ0) is 20.7. The molecule has 0 amide bonds. The molecule has 0 heterocycles. The van der Waals surface area contributed by atoms with E-state index in [9.17, 15) is 23.1 Å². The molecule has 0 saturated carbocycles. The summed E-state index contributed by atoms with van der Waals surface area (Å²) in [7, 11) is -2.87. The quantitative estimate of drug-likeness (QED) is 0.519. The van der Waals surface area contributed by atoms with E-state index in [4.69, 9.17) is 9.84 Å². The van der Waals surface area contributed by atoms with Gasteiger partial charge >= 0.3 is 11.9 Å². The zero-order valence-corrected chi connectivity index (χ0v) is 15.7. The van der Waals surface area contributed by atoms with Crippen LogP contribution in [0.1, 0.15) is 20.7 Å². The molecule has 150 valence electrons. The molecule has 28 heavy (non-hydrogen) atoms. The molecule has 10 heteroatoms. The molecule has 0 radical (unpaired) electrons. The number of aliphatic hydroxyl groups is 1. The highest BCUT2D eigenvalue weighted by Gasteiger charge is 2.22. The second-order valence-corrected chi connectivity index (χ2v) is 7.37. The molecule has 0 bridgehead atoms. The van der Waals surface area contributed by atoms with Gasteiger partial charge in [-0.15, -0.1) is 0 Å². The molecule has 2 aromatic carbocycles. The van der Waals surface area contributed by atoms with Crippen LogP contribution in [0.25, 0.3) is 0 Å². The minimum Gasteiger partial charge on any atom is -0.491 e. The van der Waals surface area contributed by atoms with Crippen LogP contribution >= 0.6 is 0 Å². The SMILES string of the molecule is COC(=O)c1ccc(OC[C@@H](O)CNS(=O)(=O)c2ccccc2C(=O)O)cc1. The average molecular weight is 409 g/mol. The number of carbonyl (C=O) groups is 2. The van der Waals surface area contributed by atoms with Crippen molar-refractivity contribution in [2.75, 3.05) is 20.3 Å². The number of rotatable bonds is 9. The van der Waals surface area contributed by atoms with Crippen molar-refractivity contribution in [3.8, 4) is 5.75 Å². The second kappa shape index (κ2) is 9.31. The Hall–Kier alpha value is -2.95. The van der Waals surface area contributed by atoms with Crippen LogP contribution in [0.4, 0.5) is 0 Å². The minimum absolute atomic E-state index is 0.222. The van der Waals surface area contributed by atoms with Crippen LogP contribution in [-0.4, -0.2) is 56.9 Å². The van der Waals surface area contributed by atoms with E-state index in [2.05, 4.69) is 9.46 Å². The van der Waals surface area contributed by atoms with E-state index >= 15 is 0 Å². The number of hydrogen-bond acceptors (Lipinski definition) is 7. The first-order chi connectivity index (χ1) is 13.2. The van der Waals surface area contributed by atoms with Crippen molar-refractivity contribution < 1.29 is 37.7 Å². The maximum absolute atomic E-state index is 12.3. The summed E-state index contributed by atoms with van der Waals surface area (Å²) in [5, 5.41) is 19.0. The third kappa shape index (κ3) is 5.52. The van der Waals surface area contributed by atoms with E-state index in [0.29, 0.717) is 11.3 Å². The molecule has 0 spiro atoms. The number of nitrogens with one attached hydrogen (secondary N) is 1. The van der Waals surface area contributed by atoms with Crippen molar-refractivity contribution in [2.24, 2.45) is 0 Å². The summed E-state index contributed by atoms with van der Waals surface area (Å²) in [6.07, 6.45) is -1.19. The number of ether oxygens (including phenoxy) is 2. The summed E-state index contributed by atoms with van der Waals surface area (Å²) >= 11 is 0. The molecule has 2 aromatic rings. The molecule has 0 aliphatic heterocycles. The number of sulfonamides is 1. The molecule has 3 N–H and O–H groups in total. The molecule has 1 atom stereocenters. The predicted octanol–water partition coefficient (Wildman–Crippen LogP) is 0.890. The van der Waals surface area contributed by atoms with E-state index < -0.39 is 33.0 Å². The Labute approximate surface area is 161 Å². The van der Waals surface area contributed by atoms with Crippen LogP contribution in [0.5, 0.6) is 5.75 Å². The first kappa shape index (κ1) is 21.4. The van der Waals surface area contributed by atoms with Crippen LogP contribution < -0.4 is 9.46 Å². The van der Waals surface area contributed by atoms with Gasteiger partial charge in [-0.05, 0) is 36.4 Å². The Balaban J connectivity index is 1.92. The number of aliphatic hydroxyl groups excluding tert-OH is 1.